The van der Waals surface area contributed by atoms with Crippen LogP contribution in [0.1, 0.15) is 42.1 Å². The number of nitrogens with two attached hydrogens (primary N) is 1. The summed E-state index contributed by atoms with van der Waals surface area (Å²) in [4.78, 5) is 26.0. The molecule has 2 atom stereocenters. The van der Waals surface area contributed by atoms with Gasteiger partial charge in [-0.1, -0.05) is 0 Å². The third kappa shape index (κ3) is 4.94. The van der Waals surface area contributed by atoms with Crippen LogP contribution in [0.15, 0.2) is 30.5 Å². The lowest BCUT2D eigenvalue weighted by molar-refractivity contribution is 0.0638. The van der Waals surface area contributed by atoms with Gasteiger partial charge >= 0.3 is 6.09 Å². The van der Waals surface area contributed by atoms with E-state index < -0.39 is 23.7 Å². The molecule has 2 heterocycles. The molecule has 11 heteroatoms. The first-order chi connectivity index (χ1) is 16.3. The minimum Gasteiger partial charge on any atom is -0.449 e. The van der Waals surface area contributed by atoms with E-state index in [1.54, 1.807) is 0 Å². The smallest absolute Gasteiger partial charge is 0.409 e. The molecule has 1 aromatic carbocycles. The number of aromatic nitrogens is 2. The number of hydrogen-bond acceptors (Lipinski definition) is 7. The fourth-order valence-corrected chi connectivity index (χ4v) is 4.08. The number of nitrogens with zero attached hydrogens (tertiary/aromatic N) is 5. The number of carbonyl (C=O) groups excluding carboxylic acids is 2. The number of hydrogen-bond donors (Lipinski definition) is 2. The highest BCUT2D eigenvalue weighted by Crippen LogP contribution is 2.48. The molecule has 2 aliphatic rings. The van der Waals surface area contributed by atoms with Crippen LogP contribution in [0, 0.1) is 39.8 Å². The molecule has 0 radical (unpaired) electrons. The van der Waals surface area contributed by atoms with Crippen LogP contribution < -0.4 is 11.1 Å². The number of ether oxygens (including phenoxy) is 1. The van der Waals surface area contributed by atoms with Crippen molar-refractivity contribution in [2.45, 2.75) is 31.7 Å². The number of nitrogens with one attached hydrogen (secondary N) is 1. The molecular formula is C23H24FN7O3. The van der Waals surface area contributed by atoms with Crippen molar-refractivity contribution in [2.75, 3.05) is 25.0 Å². The van der Waals surface area contributed by atoms with Crippen LogP contribution in [0.4, 0.5) is 20.7 Å². The van der Waals surface area contributed by atoms with Gasteiger partial charge in [-0.2, -0.15) is 15.6 Å². The van der Waals surface area contributed by atoms with Crippen LogP contribution in [-0.2, 0) is 4.74 Å². The second-order valence-corrected chi connectivity index (χ2v) is 8.79. The minimum absolute atomic E-state index is 0.134. The molecule has 3 N–H and O–H groups in total. The number of primary amides is 1. The van der Waals surface area contributed by atoms with Gasteiger partial charge in [-0.3, -0.25) is 9.48 Å². The van der Waals surface area contributed by atoms with E-state index >= 15 is 0 Å². The van der Waals surface area contributed by atoms with Gasteiger partial charge in [0, 0.05) is 36.8 Å². The number of carbonyl (C=O) groups is 2. The van der Waals surface area contributed by atoms with E-state index in [9.17, 15) is 19.2 Å². The van der Waals surface area contributed by atoms with E-state index in [-0.39, 0.29) is 36.0 Å². The Morgan fingerprint density at radius 1 is 1.29 bits per heavy atom. The lowest BCUT2D eigenvalue weighted by atomic mass is 9.94. The van der Waals surface area contributed by atoms with Crippen molar-refractivity contribution in [2.24, 2.45) is 17.1 Å². The van der Waals surface area contributed by atoms with E-state index in [1.807, 2.05) is 0 Å². The number of rotatable bonds is 7. The number of anilines is 2. The summed E-state index contributed by atoms with van der Waals surface area (Å²) < 4.78 is 20.1. The molecule has 2 fully saturated rings. The van der Waals surface area contributed by atoms with Gasteiger partial charge in [-0.25, -0.2) is 9.18 Å². The summed E-state index contributed by atoms with van der Waals surface area (Å²) in [5.74, 6) is -1.48. The van der Waals surface area contributed by atoms with Crippen molar-refractivity contribution in [1.29, 1.82) is 10.5 Å². The fraction of sp³-hybridized carbons (Fsp3) is 0.435. The van der Waals surface area contributed by atoms with Gasteiger partial charge in [0.2, 0.25) is 0 Å². The predicted molar refractivity (Wildman–Crippen MR) is 118 cm³/mol. The number of benzene rings is 1. The van der Waals surface area contributed by atoms with E-state index in [4.69, 9.17) is 15.7 Å². The Hall–Kier alpha value is -4.12. The summed E-state index contributed by atoms with van der Waals surface area (Å²) in [6.45, 7) is 0.702. The standard InChI is InChI=1S/C23H24FN7O3/c24-16-1-3-17(4-2-16)28-21-18(20(27)32)13-31(29-21)19-5-10-30(12-15(19)11-26)22(33)34-14-23(6-7-23)8-9-25/h1-4,13,15,19H,5-8,10,12,14H2,(H2,27,32)(H,28,29)/t15-,19+/m1/s1. The van der Waals surface area contributed by atoms with Gasteiger partial charge < -0.3 is 20.7 Å². The molecule has 0 bridgehead atoms. The second-order valence-electron chi connectivity index (χ2n) is 8.79. The molecule has 176 valence electrons. The van der Waals surface area contributed by atoms with Gasteiger partial charge in [-0.15, -0.1) is 0 Å². The molecule has 1 aliphatic carbocycles. The van der Waals surface area contributed by atoms with Crippen LogP contribution >= 0.6 is 0 Å². The third-order valence-corrected chi connectivity index (χ3v) is 6.36. The topological polar surface area (TPSA) is 150 Å². The summed E-state index contributed by atoms with van der Waals surface area (Å²) in [6, 6.07) is 9.53. The summed E-state index contributed by atoms with van der Waals surface area (Å²) in [5, 5.41) is 26.1. The summed E-state index contributed by atoms with van der Waals surface area (Å²) in [7, 11) is 0. The monoisotopic (exact) mass is 465 g/mol. The molecule has 1 aliphatic heterocycles. The van der Waals surface area contributed by atoms with Crippen LogP contribution in [0.25, 0.3) is 0 Å². The van der Waals surface area contributed by atoms with Gasteiger partial charge in [-0.05, 0) is 43.5 Å². The SMILES string of the molecule is N#CCC1(COC(=O)N2CC[C@H](n3cc(C(N)=O)c(Nc4ccc(F)cc4)n3)[C@H](C#N)C2)CC1. The van der Waals surface area contributed by atoms with Crippen molar-refractivity contribution >= 4 is 23.5 Å². The fourth-order valence-electron chi connectivity index (χ4n) is 4.08. The zero-order valence-corrected chi connectivity index (χ0v) is 18.4. The quantitative estimate of drug-likeness (QED) is 0.638. The van der Waals surface area contributed by atoms with E-state index in [0.717, 1.165) is 12.8 Å². The zero-order chi connectivity index (χ0) is 24.3. The first-order valence-corrected chi connectivity index (χ1v) is 10.9. The molecule has 10 nitrogen and oxygen atoms in total. The summed E-state index contributed by atoms with van der Waals surface area (Å²) in [5.41, 5.74) is 5.95. The molecule has 2 amide bonds. The van der Waals surface area contributed by atoms with Gasteiger partial charge in [0.25, 0.3) is 5.91 Å². The zero-order valence-electron chi connectivity index (χ0n) is 18.4. The lowest BCUT2D eigenvalue weighted by Crippen LogP contribution is -2.44. The number of piperidine rings is 1. The van der Waals surface area contributed by atoms with E-state index in [0.29, 0.717) is 25.1 Å². The Kier molecular flexibility index (Phi) is 6.37. The number of likely N-dealkylation sites (tertiary alicyclic amines) is 1. The Balaban J connectivity index is 1.44. The van der Waals surface area contributed by atoms with Crippen molar-refractivity contribution < 1.29 is 18.7 Å². The number of halogens is 1. The van der Waals surface area contributed by atoms with Gasteiger partial charge in [0.05, 0.1) is 30.7 Å². The highest BCUT2D eigenvalue weighted by molar-refractivity contribution is 5.98. The van der Waals surface area contributed by atoms with Crippen molar-refractivity contribution in [1.82, 2.24) is 14.7 Å². The third-order valence-electron chi connectivity index (χ3n) is 6.36. The lowest BCUT2D eigenvalue weighted by Gasteiger charge is -2.35. The average molecular weight is 465 g/mol. The Morgan fingerprint density at radius 3 is 2.65 bits per heavy atom. The number of amides is 2. The van der Waals surface area contributed by atoms with Crippen LogP contribution in [-0.4, -0.2) is 46.4 Å². The molecule has 34 heavy (non-hydrogen) atoms. The predicted octanol–water partition coefficient (Wildman–Crippen LogP) is 3.08. The van der Waals surface area contributed by atoms with Crippen molar-refractivity contribution in [3.8, 4) is 12.1 Å². The molecule has 1 aromatic heterocycles. The Labute approximate surface area is 195 Å². The maximum Gasteiger partial charge on any atom is 0.409 e. The normalized spacial score (nSPS) is 20.6. The maximum absolute atomic E-state index is 13.2. The first-order valence-electron chi connectivity index (χ1n) is 10.9. The highest BCUT2D eigenvalue weighted by atomic mass is 19.1. The largest absolute Gasteiger partial charge is 0.449 e. The van der Waals surface area contributed by atoms with Gasteiger partial charge in [0.15, 0.2) is 5.82 Å². The minimum atomic E-state index is -0.697. The highest BCUT2D eigenvalue weighted by Gasteiger charge is 2.44. The second kappa shape index (κ2) is 9.40. The summed E-state index contributed by atoms with van der Waals surface area (Å²) in [6.07, 6.45) is 3.50. The molecule has 1 saturated heterocycles. The maximum atomic E-state index is 13.2. The summed E-state index contributed by atoms with van der Waals surface area (Å²) >= 11 is 0. The molecule has 0 unspecified atom stereocenters. The Morgan fingerprint density at radius 2 is 2.03 bits per heavy atom. The van der Waals surface area contributed by atoms with Crippen molar-refractivity contribution in [3.63, 3.8) is 0 Å². The van der Waals surface area contributed by atoms with Gasteiger partial charge in [0.1, 0.15) is 11.4 Å². The van der Waals surface area contributed by atoms with E-state index in [1.165, 1.54) is 40.0 Å². The van der Waals surface area contributed by atoms with Crippen molar-refractivity contribution in [3.05, 3.63) is 41.8 Å². The first kappa shape index (κ1) is 23.1. The Bertz CT molecular complexity index is 1160. The molecule has 2 aromatic rings. The van der Waals surface area contributed by atoms with E-state index in [2.05, 4.69) is 22.6 Å². The molecule has 1 saturated carbocycles. The van der Waals surface area contributed by atoms with Crippen LogP contribution in [0.3, 0.4) is 0 Å². The molecule has 0 spiro atoms. The van der Waals surface area contributed by atoms with Crippen LogP contribution in [0.2, 0.25) is 0 Å². The van der Waals surface area contributed by atoms with Crippen LogP contribution in [0.5, 0.6) is 0 Å². The molecular weight excluding hydrogens is 441 g/mol. The average Bonchev–Trinajstić information content (AvgIpc) is 3.47. The number of nitriles is 2. The molecule has 4 rings (SSSR count).